The Morgan fingerprint density at radius 1 is 1.11 bits per heavy atom. The summed E-state index contributed by atoms with van der Waals surface area (Å²) in [6, 6.07) is 5.56. The molecule has 0 aliphatic heterocycles. The molecule has 1 aliphatic rings. The number of oxime groups is 1. The number of nitrogens with zero attached hydrogens (tertiary/aromatic N) is 3. The van der Waals surface area contributed by atoms with E-state index in [4.69, 9.17) is 20.0 Å². The van der Waals surface area contributed by atoms with Crippen molar-refractivity contribution in [3.63, 3.8) is 0 Å². The molecule has 1 aliphatic carbocycles. The lowest BCUT2D eigenvalue weighted by Gasteiger charge is -2.34. The molecule has 1 aromatic heterocycles. The number of anilines is 1. The number of alkyl carbamates (subject to hydrolysis) is 1. The van der Waals surface area contributed by atoms with Crippen LogP contribution in [0.5, 0.6) is 5.75 Å². The number of hydrogen-bond acceptors (Lipinski definition) is 9. The molecule has 0 radical (unpaired) electrons. The van der Waals surface area contributed by atoms with Crippen molar-refractivity contribution >= 4 is 23.5 Å². The largest absolute Gasteiger partial charge is 0.497 e. The fourth-order valence-corrected chi connectivity index (χ4v) is 3.78. The summed E-state index contributed by atoms with van der Waals surface area (Å²) in [5, 5.41) is 9.56. The lowest BCUT2D eigenvalue weighted by atomic mass is 9.70. The van der Waals surface area contributed by atoms with Crippen LogP contribution in [0.3, 0.4) is 0 Å². The molecule has 0 atom stereocenters. The van der Waals surface area contributed by atoms with Crippen LogP contribution in [-0.2, 0) is 19.8 Å². The number of nitrogens with one attached hydrogen (secondary N) is 2. The Morgan fingerprint density at radius 2 is 1.83 bits per heavy atom. The van der Waals surface area contributed by atoms with E-state index in [1.54, 1.807) is 27.9 Å². The van der Waals surface area contributed by atoms with Crippen molar-refractivity contribution in [2.45, 2.75) is 45.6 Å². The molecule has 2 aromatic rings. The highest BCUT2D eigenvalue weighted by atomic mass is 16.6. The number of amides is 2. The summed E-state index contributed by atoms with van der Waals surface area (Å²) >= 11 is 0. The summed E-state index contributed by atoms with van der Waals surface area (Å²) in [6.07, 6.45) is 0.880. The summed E-state index contributed by atoms with van der Waals surface area (Å²) in [7, 11) is 1.58. The molecule has 188 valence electrons. The molecule has 4 N–H and O–H groups in total. The van der Waals surface area contributed by atoms with Gasteiger partial charge in [0.25, 0.3) is 5.91 Å². The molecule has 1 heterocycles. The lowest BCUT2D eigenvalue weighted by molar-refractivity contribution is -0.125. The Hall–Kier alpha value is -3.89. The second-order valence-electron chi connectivity index (χ2n) is 9.51. The molecule has 0 saturated carbocycles. The number of carbonyl (C=O) groups is 2. The number of methoxy groups -OCH3 is 1. The van der Waals surface area contributed by atoms with Crippen LogP contribution in [-0.4, -0.2) is 60.1 Å². The molecule has 1 aromatic carbocycles. The van der Waals surface area contributed by atoms with E-state index in [9.17, 15) is 9.59 Å². The van der Waals surface area contributed by atoms with E-state index < -0.39 is 17.1 Å². The number of nitrogens with two attached hydrogens (primary N) is 1. The average molecular weight is 485 g/mol. The van der Waals surface area contributed by atoms with E-state index in [0.717, 1.165) is 16.7 Å². The number of rotatable bonds is 7. The van der Waals surface area contributed by atoms with Gasteiger partial charge in [-0.1, -0.05) is 5.16 Å². The molecule has 11 heteroatoms. The van der Waals surface area contributed by atoms with Crippen LogP contribution in [0, 0.1) is 0 Å². The van der Waals surface area contributed by atoms with Crippen LogP contribution < -0.4 is 21.1 Å². The Balaban J connectivity index is 1.69. The third-order valence-corrected chi connectivity index (χ3v) is 5.30. The number of fused-ring (bicyclic) bond motifs is 3. The van der Waals surface area contributed by atoms with E-state index in [1.807, 2.05) is 32.0 Å². The minimum absolute atomic E-state index is 0.213. The van der Waals surface area contributed by atoms with Gasteiger partial charge in [0.2, 0.25) is 0 Å². The van der Waals surface area contributed by atoms with Gasteiger partial charge in [-0.15, -0.1) is 0 Å². The number of benzene rings is 1. The maximum Gasteiger partial charge on any atom is 0.407 e. The Morgan fingerprint density at radius 3 is 2.51 bits per heavy atom. The van der Waals surface area contributed by atoms with Crippen molar-refractivity contribution in [1.82, 2.24) is 20.6 Å². The third-order valence-electron chi connectivity index (χ3n) is 5.30. The van der Waals surface area contributed by atoms with Gasteiger partial charge in [0, 0.05) is 35.2 Å². The molecule has 0 fully saturated rings. The van der Waals surface area contributed by atoms with Gasteiger partial charge in [0.05, 0.1) is 18.5 Å². The molecular formula is C24H32N6O5. The lowest BCUT2D eigenvalue weighted by Crippen LogP contribution is -2.39. The minimum atomic E-state index is -0.701. The number of ether oxygens (including phenoxy) is 2. The fraction of sp³-hybridized carbons (Fsp3) is 0.458. The van der Waals surface area contributed by atoms with E-state index in [0.29, 0.717) is 23.0 Å². The third kappa shape index (κ3) is 5.97. The zero-order valence-corrected chi connectivity index (χ0v) is 20.9. The number of aromatic nitrogens is 2. The van der Waals surface area contributed by atoms with Crippen LogP contribution in [0.25, 0.3) is 11.3 Å². The highest BCUT2D eigenvalue weighted by molar-refractivity contribution is 6.15. The molecule has 0 bridgehead atoms. The van der Waals surface area contributed by atoms with Gasteiger partial charge in [-0.2, -0.15) is 0 Å². The second-order valence-corrected chi connectivity index (χ2v) is 9.51. The van der Waals surface area contributed by atoms with Crippen molar-refractivity contribution in [2.75, 3.05) is 32.5 Å². The summed E-state index contributed by atoms with van der Waals surface area (Å²) in [4.78, 5) is 37.9. The monoisotopic (exact) mass is 484 g/mol. The smallest absolute Gasteiger partial charge is 0.407 e. The first-order valence-electron chi connectivity index (χ1n) is 11.2. The van der Waals surface area contributed by atoms with Crippen LogP contribution in [0.4, 0.5) is 10.6 Å². The number of hydrogen-bond donors (Lipinski definition) is 3. The first-order valence-corrected chi connectivity index (χ1v) is 11.2. The summed E-state index contributed by atoms with van der Waals surface area (Å²) in [5.74, 6) is 0.612. The Bertz CT molecular complexity index is 1140. The van der Waals surface area contributed by atoms with Gasteiger partial charge in [-0.3, -0.25) is 4.79 Å². The Labute approximate surface area is 204 Å². The van der Waals surface area contributed by atoms with Crippen molar-refractivity contribution in [3.8, 4) is 17.0 Å². The van der Waals surface area contributed by atoms with Crippen molar-refractivity contribution in [2.24, 2.45) is 5.16 Å². The van der Waals surface area contributed by atoms with Gasteiger partial charge in [-0.05, 0) is 52.8 Å². The number of carbonyl (C=O) groups excluding carboxylic acids is 2. The summed E-state index contributed by atoms with van der Waals surface area (Å²) in [6.45, 7) is 9.33. The maximum absolute atomic E-state index is 12.2. The van der Waals surface area contributed by atoms with Crippen LogP contribution in [0.2, 0.25) is 0 Å². The first kappa shape index (κ1) is 25.7. The van der Waals surface area contributed by atoms with Crippen molar-refractivity contribution in [1.29, 1.82) is 0 Å². The molecule has 11 nitrogen and oxygen atoms in total. The van der Waals surface area contributed by atoms with Gasteiger partial charge < -0.3 is 30.7 Å². The van der Waals surface area contributed by atoms with E-state index >= 15 is 0 Å². The maximum atomic E-state index is 12.2. The van der Waals surface area contributed by atoms with Gasteiger partial charge in [-0.25, -0.2) is 14.8 Å². The topological polar surface area (TPSA) is 150 Å². The van der Waals surface area contributed by atoms with E-state index in [1.165, 1.54) is 6.33 Å². The van der Waals surface area contributed by atoms with E-state index in [2.05, 4.69) is 25.8 Å². The number of nitrogen functional groups attached to an aromatic ring is 1. The van der Waals surface area contributed by atoms with Gasteiger partial charge in [0.1, 0.15) is 23.5 Å². The normalized spacial score (nSPS) is 15.0. The zero-order chi connectivity index (χ0) is 25.8. The predicted octanol–water partition coefficient (Wildman–Crippen LogP) is 2.39. The van der Waals surface area contributed by atoms with Crippen LogP contribution >= 0.6 is 0 Å². The van der Waals surface area contributed by atoms with Gasteiger partial charge in [0.15, 0.2) is 6.61 Å². The minimum Gasteiger partial charge on any atom is -0.497 e. The molecular weight excluding hydrogens is 452 g/mol. The summed E-state index contributed by atoms with van der Waals surface area (Å²) in [5.41, 5.74) is 8.53. The van der Waals surface area contributed by atoms with Crippen molar-refractivity contribution in [3.05, 3.63) is 35.7 Å². The van der Waals surface area contributed by atoms with Crippen molar-refractivity contribution < 1.29 is 23.9 Å². The van der Waals surface area contributed by atoms with Crippen LogP contribution in [0.1, 0.15) is 45.7 Å². The molecule has 0 spiro atoms. The fourth-order valence-electron chi connectivity index (χ4n) is 3.78. The quantitative estimate of drug-likeness (QED) is 0.400. The standard InChI is InChI=1S/C24H32N6O5/c1-23(2,3)35-22(32)27-10-9-26-17(31)12-34-30-20-16-11-14(33-6)7-8-15(16)19-18(24(20,4)5)21(25)29-13-28-19/h7-8,11,13H,9-10,12H2,1-6H3,(H,26,31)(H,27,32)(H2,25,28,29)/b30-20+. The predicted molar refractivity (Wildman–Crippen MR) is 131 cm³/mol. The first-order chi connectivity index (χ1) is 16.4. The van der Waals surface area contributed by atoms with Gasteiger partial charge >= 0.3 is 6.09 Å². The SMILES string of the molecule is COc1ccc2c(c1)/C(=N\OCC(=O)NCCNC(=O)OC(C)(C)C)C(C)(C)c1c(N)ncnc1-2. The highest BCUT2D eigenvalue weighted by Gasteiger charge is 2.41. The van der Waals surface area contributed by atoms with Crippen LogP contribution in [0.15, 0.2) is 29.7 Å². The average Bonchev–Trinajstić information content (AvgIpc) is 2.77. The molecule has 3 rings (SSSR count). The summed E-state index contributed by atoms with van der Waals surface area (Å²) < 4.78 is 10.5. The molecule has 0 unspecified atom stereocenters. The highest BCUT2D eigenvalue weighted by Crippen LogP contribution is 2.45. The second kappa shape index (κ2) is 10.2. The zero-order valence-electron chi connectivity index (χ0n) is 20.9. The molecule has 35 heavy (non-hydrogen) atoms. The Kier molecular flexibility index (Phi) is 7.47. The molecule has 2 amide bonds. The molecule has 0 saturated heterocycles. The van der Waals surface area contributed by atoms with E-state index in [-0.39, 0.29) is 25.6 Å².